The van der Waals surface area contributed by atoms with Gasteiger partial charge in [-0.25, -0.2) is 9.78 Å². The molecule has 7 nitrogen and oxygen atoms in total. The molecule has 3 amide bonds. The zero-order valence-electron chi connectivity index (χ0n) is 15.2. The highest BCUT2D eigenvalue weighted by Gasteiger charge is 2.42. The molecule has 0 unspecified atom stereocenters. The van der Waals surface area contributed by atoms with Crippen LogP contribution in [0.15, 0.2) is 24.3 Å². The second-order valence-electron chi connectivity index (χ2n) is 7.17. The van der Waals surface area contributed by atoms with Crippen LogP contribution in [0.25, 0.3) is 11.0 Å². The normalized spacial score (nSPS) is 23.9. The molecule has 3 atom stereocenters. The maximum atomic E-state index is 12.0. The van der Waals surface area contributed by atoms with E-state index in [0.29, 0.717) is 24.6 Å². The molecule has 1 aromatic heterocycles. The number of aromatic amines is 1. The summed E-state index contributed by atoms with van der Waals surface area (Å²) in [5, 5.41) is 9.40. The average molecular weight is 388 g/mol. The van der Waals surface area contributed by atoms with Crippen molar-refractivity contribution < 1.29 is 9.59 Å². The Morgan fingerprint density at radius 3 is 3.04 bits per heavy atom. The molecule has 2 aromatic rings. The van der Waals surface area contributed by atoms with Crippen LogP contribution < -0.4 is 16.0 Å². The summed E-state index contributed by atoms with van der Waals surface area (Å²) in [6, 6.07) is 8.41. The molecule has 8 heteroatoms. The van der Waals surface area contributed by atoms with Crippen LogP contribution >= 0.6 is 11.8 Å². The summed E-state index contributed by atoms with van der Waals surface area (Å²) in [4.78, 5) is 31.2. The van der Waals surface area contributed by atoms with E-state index >= 15 is 0 Å². The number of imidazole rings is 1. The molecule has 0 bridgehead atoms. The van der Waals surface area contributed by atoms with E-state index < -0.39 is 0 Å². The largest absolute Gasteiger partial charge is 0.356 e. The molecule has 0 radical (unpaired) electrons. The van der Waals surface area contributed by atoms with Crippen molar-refractivity contribution in [1.29, 1.82) is 0 Å². The van der Waals surface area contributed by atoms with Crippen molar-refractivity contribution in [3.05, 3.63) is 30.1 Å². The van der Waals surface area contributed by atoms with E-state index in [-0.39, 0.29) is 24.0 Å². The molecule has 2 saturated heterocycles. The maximum Gasteiger partial charge on any atom is 0.315 e. The van der Waals surface area contributed by atoms with Crippen LogP contribution in [0.1, 0.15) is 31.5 Å². The van der Waals surface area contributed by atoms with Gasteiger partial charge >= 0.3 is 6.03 Å². The lowest BCUT2D eigenvalue weighted by Crippen LogP contribution is -2.36. The fraction of sp³-hybridized carbons (Fsp3) is 0.526. The van der Waals surface area contributed by atoms with Crippen LogP contribution in [0.5, 0.6) is 0 Å². The van der Waals surface area contributed by atoms with Crippen molar-refractivity contribution in [2.75, 3.05) is 12.3 Å². The number of unbranched alkanes of at least 4 members (excludes halogenated alkanes) is 1. The van der Waals surface area contributed by atoms with Gasteiger partial charge in [0.25, 0.3) is 0 Å². The zero-order valence-corrected chi connectivity index (χ0v) is 16.0. The van der Waals surface area contributed by atoms with Gasteiger partial charge in [-0.2, -0.15) is 11.8 Å². The number of H-pyrrole nitrogens is 1. The number of hydrogen-bond acceptors (Lipinski definition) is 4. The van der Waals surface area contributed by atoms with Gasteiger partial charge in [-0.1, -0.05) is 18.6 Å². The highest BCUT2D eigenvalue weighted by molar-refractivity contribution is 8.00. The van der Waals surface area contributed by atoms with Gasteiger partial charge in [0.05, 0.1) is 23.1 Å². The summed E-state index contributed by atoms with van der Waals surface area (Å²) in [6.07, 6.45) is 4.19. The van der Waals surface area contributed by atoms with Gasteiger partial charge in [0.2, 0.25) is 5.91 Å². The van der Waals surface area contributed by atoms with Gasteiger partial charge in [0.1, 0.15) is 5.82 Å². The lowest BCUT2D eigenvalue weighted by Gasteiger charge is -2.16. The molecule has 0 aliphatic carbocycles. The predicted molar refractivity (Wildman–Crippen MR) is 107 cm³/mol. The topological polar surface area (TPSA) is 98.9 Å². The summed E-state index contributed by atoms with van der Waals surface area (Å²) in [5.74, 6) is 1.98. The third kappa shape index (κ3) is 4.37. The number of rotatable bonds is 8. The summed E-state index contributed by atoms with van der Waals surface area (Å²) in [6.45, 7) is 0.596. The maximum absolute atomic E-state index is 12.0. The summed E-state index contributed by atoms with van der Waals surface area (Å²) < 4.78 is 0. The first-order valence-corrected chi connectivity index (χ1v) is 10.6. The number of nitrogens with one attached hydrogen (secondary N) is 4. The van der Waals surface area contributed by atoms with E-state index in [0.717, 1.165) is 41.9 Å². The monoisotopic (exact) mass is 387 g/mol. The van der Waals surface area contributed by atoms with Crippen molar-refractivity contribution in [3.8, 4) is 0 Å². The van der Waals surface area contributed by atoms with E-state index in [2.05, 4.69) is 25.9 Å². The number of fused-ring (bicyclic) bond motifs is 2. The minimum Gasteiger partial charge on any atom is -0.356 e. The highest BCUT2D eigenvalue weighted by Crippen LogP contribution is 2.33. The van der Waals surface area contributed by atoms with Crippen molar-refractivity contribution in [2.24, 2.45) is 0 Å². The average Bonchev–Trinajstić information content (AvgIpc) is 3.32. The third-order valence-electron chi connectivity index (χ3n) is 5.20. The molecular formula is C19H25N5O2S. The molecule has 4 rings (SSSR count). The minimum atomic E-state index is -0.0425. The Labute approximate surface area is 162 Å². The fourth-order valence-electron chi connectivity index (χ4n) is 3.81. The molecule has 27 heavy (non-hydrogen) atoms. The van der Waals surface area contributed by atoms with E-state index in [1.165, 1.54) is 0 Å². The number of thioether (sulfide) groups is 1. The van der Waals surface area contributed by atoms with Gasteiger partial charge in [-0.15, -0.1) is 0 Å². The van der Waals surface area contributed by atoms with Crippen LogP contribution in [0.4, 0.5) is 4.79 Å². The number of carbonyl (C=O) groups is 2. The molecule has 2 aliphatic heterocycles. The quantitative estimate of drug-likeness (QED) is 0.411. The smallest absolute Gasteiger partial charge is 0.315 e. The van der Waals surface area contributed by atoms with Crippen molar-refractivity contribution in [2.45, 2.75) is 49.4 Å². The van der Waals surface area contributed by atoms with Crippen LogP contribution in [-0.2, 0) is 11.2 Å². The van der Waals surface area contributed by atoms with Crippen LogP contribution in [0.3, 0.4) is 0 Å². The molecule has 4 N–H and O–H groups in total. The Hall–Kier alpha value is -2.22. The number of benzene rings is 1. The SMILES string of the molecule is O=C(CCCC[C@@H]1SC[C@@H]2NC(=O)N[C@@H]21)NCCc1nc2ccccc2[nH]1. The number of amides is 3. The third-order valence-corrected chi connectivity index (χ3v) is 6.71. The van der Waals surface area contributed by atoms with E-state index in [4.69, 9.17) is 0 Å². The minimum absolute atomic E-state index is 0.0425. The predicted octanol–water partition coefficient (Wildman–Crippen LogP) is 1.95. The lowest BCUT2D eigenvalue weighted by molar-refractivity contribution is -0.121. The molecule has 2 fully saturated rings. The Balaban J connectivity index is 1.11. The Bertz CT molecular complexity index is 790. The van der Waals surface area contributed by atoms with Crippen molar-refractivity contribution >= 4 is 34.7 Å². The fourth-order valence-corrected chi connectivity index (χ4v) is 5.35. The number of hydrogen-bond donors (Lipinski definition) is 4. The van der Waals surface area contributed by atoms with E-state index in [1.54, 1.807) is 0 Å². The first kappa shape index (κ1) is 18.2. The standard InChI is InChI=1S/C19H25N5O2S/c25-17(20-10-9-16-21-12-5-1-2-6-13(12)22-16)8-4-3-7-15-18-14(11-27-15)23-19(26)24-18/h1-2,5-6,14-15,18H,3-4,7-11H2,(H,20,25)(H,21,22)(H2,23,24,26)/t14-,15-,18-/m0/s1. The summed E-state index contributed by atoms with van der Waals surface area (Å²) in [5.41, 5.74) is 1.99. The van der Waals surface area contributed by atoms with E-state index in [9.17, 15) is 9.59 Å². The summed E-state index contributed by atoms with van der Waals surface area (Å²) in [7, 11) is 0. The second kappa shape index (κ2) is 8.21. The number of urea groups is 1. The zero-order chi connectivity index (χ0) is 18.6. The Morgan fingerprint density at radius 1 is 1.26 bits per heavy atom. The Morgan fingerprint density at radius 2 is 2.15 bits per heavy atom. The van der Waals surface area contributed by atoms with E-state index in [1.807, 2.05) is 36.0 Å². The number of nitrogens with zero attached hydrogens (tertiary/aromatic N) is 1. The van der Waals surface area contributed by atoms with Gasteiger partial charge in [-0.3, -0.25) is 4.79 Å². The molecule has 2 aliphatic rings. The molecule has 1 aromatic carbocycles. The van der Waals surface area contributed by atoms with Crippen molar-refractivity contribution in [3.63, 3.8) is 0 Å². The molecular weight excluding hydrogens is 362 g/mol. The molecule has 0 saturated carbocycles. The molecule has 0 spiro atoms. The second-order valence-corrected chi connectivity index (χ2v) is 8.44. The van der Waals surface area contributed by atoms with Gasteiger partial charge < -0.3 is 20.9 Å². The van der Waals surface area contributed by atoms with Crippen LogP contribution in [0.2, 0.25) is 0 Å². The van der Waals surface area contributed by atoms with Crippen molar-refractivity contribution in [1.82, 2.24) is 25.9 Å². The number of para-hydroxylation sites is 2. The Kier molecular flexibility index (Phi) is 5.52. The van der Waals surface area contributed by atoms with Gasteiger partial charge in [0.15, 0.2) is 0 Å². The lowest BCUT2D eigenvalue weighted by atomic mass is 10.0. The summed E-state index contributed by atoms with van der Waals surface area (Å²) >= 11 is 1.92. The van der Waals surface area contributed by atoms with Crippen LogP contribution in [0, 0.1) is 0 Å². The van der Waals surface area contributed by atoms with Gasteiger partial charge in [-0.05, 0) is 25.0 Å². The molecule has 3 heterocycles. The first-order chi connectivity index (χ1) is 13.2. The number of carbonyl (C=O) groups excluding carboxylic acids is 2. The first-order valence-electron chi connectivity index (χ1n) is 9.58. The molecule has 144 valence electrons. The number of aromatic nitrogens is 2. The van der Waals surface area contributed by atoms with Gasteiger partial charge in [0, 0.05) is 30.4 Å². The highest BCUT2D eigenvalue weighted by atomic mass is 32.2. The van der Waals surface area contributed by atoms with Crippen LogP contribution in [-0.4, -0.2) is 51.5 Å².